The van der Waals surface area contributed by atoms with E-state index in [0.717, 1.165) is 11.8 Å². The summed E-state index contributed by atoms with van der Waals surface area (Å²) in [6.07, 6.45) is 2.12. The maximum atomic E-state index is 12.5. The van der Waals surface area contributed by atoms with E-state index in [2.05, 4.69) is 24.1 Å². The number of benzene rings is 1. The van der Waals surface area contributed by atoms with Crippen LogP contribution in [0.1, 0.15) is 20.3 Å². The van der Waals surface area contributed by atoms with Gasteiger partial charge in [0.25, 0.3) is 5.56 Å². The molecule has 0 unspecified atom stereocenters. The molecule has 0 radical (unpaired) electrons. The van der Waals surface area contributed by atoms with Crippen LogP contribution in [-0.4, -0.2) is 35.2 Å². The van der Waals surface area contributed by atoms with Gasteiger partial charge in [-0.1, -0.05) is 26.0 Å². The van der Waals surface area contributed by atoms with Gasteiger partial charge in [-0.15, -0.1) is 0 Å². The number of ether oxygens (including phenoxy) is 1. The van der Waals surface area contributed by atoms with Crippen molar-refractivity contribution in [3.05, 3.63) is 40.9 Å². The third-order valence-electron chi connectivity index (χ3n) is 3.90. The maximum absolute atomic E-state index is 12.5. The maximum Gasteiger partial charge on any atom is 0.297 e. The Morgan fingerprint density at radius 3 is 2.96 bits per heavy atom. The van der Waals surface area contributed by atoms with Gasteiger partial charge >= 0.3 is 0 Å². The topological polar surface area (TPSA) is 86.4 Å². The predicted molar refractivity (Wildman–Crippen MR) is 99.1 cm³/mol. The zero-order valence-electron chi connectivity index (χ0n) is 15.0. The van der Waals surface area contributed by atoms with Gasteiger partial charge in [0.05, 0.1) is 6.33 Å². The summed E-state index contributed by atoms with van der Waals surface area (Å²) in [7, 11) is 0. The molecule has 7 heteroatoms. The lowest BCUT2D eigenvalue weighted by atomic mass is 10.2. The predicted octanol–water partition coefficient (Wildman–Crippen LogP) is 2.32. The van der Waals surface area contributed by atoms with Crippen molar-refractivity contribution in [3.63, 3.8) is 0 Å². The van der Waals surface area contributed by atoms with Crippen LogP contribution < -0.4 is 10.9 Å². The number of carbonyl (C=O) groups excluding carboxylic acids is 1. The van der Waals surface area contributed by atoms with Crippen molar-refractivity contribution in [2.24, 2.45) is 5.92 Å². The molecule has 7 nitrogen and oxygen atoms in total. The third-order valence-corrected chi connectivity index (χ3v) is 3.90. The number of nitrogens with zero attached hydrogens (tertiary/aromatic N) is 2. The molecule has 0 atom stereocenters. The molecular formula is C19H23N3O4. The van der Waals surface area contributed by atoms with Gasteiger partial charge in [0, 0.05) is 25.1 Å². The van der Waals surface area contributed by atoms with Gasteiger partial charge in [0.2, 0.25) is 11.5 Å². The number of para-hydroxylation sites is 1. The van der Waals surface area contributed by atoms with Crippen LogP contribution in [0.5, 0.6) is 0 Å². The average Bonchev–Trinajstić information content (AvgIpc) is 3.00. The van der Waals surface area contributed by atoms with Crippen LogP contribution in [0, 0.1) is 5.92 Å². The molecule has 26 heavy (non-hydrogen) atoms. The number of rotatable bonds is 8. The van der Waals surface area contributed by atoms with Crippen molar-refractivity contribution in [2.75, 3.05) is 19.8 Å². The lowest BCUT2D eigenvalue weighted by molar-refractivity contribution is -0.121. The summed E-state index contributed by atoms with van der Waals surface area (Å²) in [5.74, 6) is 0.255. The van der Waals surface area contributed by atoms with Gasteiger partial charge in [0.15, 0.2) is 0 Å². The highest BCUT2D eigenvalue weighted by atomic mass is 16.5. The summed E-state index contributed by atoms with van der Waals surface area (Å²) in [5.41, 5.74) is 0.936. The van der Waals surface area contributed by atoms with Gasteiger partial charge < -0.3 is 14.5 Å². The van der Waals surface area contributed by atoms with E-state index >= 15 is 0 Å². The number of hydrogen-bond donors (Lipinski definition) is 1. The van der Waals surface area contributed by atoms with E-state index in [1.807, 2.05) is 18.2 Å². The molecule has 0 aliphatic heterocycles. The highest BCUT2D eigenvalue weighted by molar-refractivity contribution is 6.01. The van der Waals surface area contributed by atoms with Gasteiger partial charge in [-0.2, -0.15) is 0 Å². The van der Waals surface area contributed by atoms with E-state index < -0.39 is 0 Å². The first-order valence-electron chi connectivity index (χ1n) is 8.77. The number of nitrogens with one attached hydrogen (secondary N) is 1. The Hall–Kier alpha value is -2.67. The second-order valence-electron chi connectivity index (χ2n) is 6.63. The molecule has 0 aliphatic carbocycles. The van der Waals surface area contributed by atoms with Crippen LogP contribution >= 0.6 is 0 Å². The lowest BCUT2D eigenvalue weighted by Gasteiger charge is -2.08. The number of hydrogen-bond acceptors (Lipinski definition) is 5. The highest BCUT2D eigenvalue weighted by Gasteiger charge is 2.14. The van der Waals surface area contributed by atoms with Crippen molar-refractivity contribution in [3.8, 4) is 0 Å². The van der Waals surface area contributed by atoms with E-state index in [9.17, 15) is 9.59 Å². The molecule has 0 aliphatic rings. The van der Waals surface area contributed by atoms with E-state index in [0.29, 0.717) is 36.8 Å². The quantitative estimate of drug-likeness (QED) is 0.625. The Morgan fingerprint density at radius 2 is 2.15 bits per heavy atom. The lowest BCUT2D eigenvalue weighted by Crippen LogP contribution is -2.33. The number of furan rings is 1. The molecule has 1 aromatic carbocycles. The van der Waals surface area contributed by atoms with Gasteiger partial charge in [-0.05, 0) is 24.5 Å². The third kappa shape index (κ3) is 4.11. The fraction of sp³-hybridized carbons (Fsp3) is 0.421. The Labute approximate surface area is 151 Å². The molecule has 0 saturated carbocycles. The second-order valence-corrected chi connectivity index (χ2v) is 6.63. The normalized spacial score (nSPS) is 11.5. The molecular weight excluding hydrogens is 334 g/mol. The summed E-state index contributed by atoms with van der Waals surface area (Å²) < 4.78 is 12.3. The molecule has 0 fully saturated rings. The summed E-state index contributed by atoms with van der Waals surface area (Å²) >= 11 is 0. The van der Waals surface area contributed by atoms with Gasteiger partial charge in [-0.3, -0.25) is 14.2 Å². The molecule has 2 aromatic heterocycles. The van der Waals surface area contributed by atoms with Crippen LogP contribution in [0.15, 0.2) is 39.8 Å². The molecule has 1 N–H and O–H groups in total. The van der Waals surface area contributed by atoms with Crippen LogP contribution in [-0.2, 0) is 16.1 Å². The standard InChI is InChI=1S/C19H23N3O4/c1-13(2)11-25-9-5-8-20-16(23)10-22-12-21-17-14-6-3-4-7-15(14)26-18(17)19(22)24/h3-4,6-7,12-13H,5,8-11H2,1-2H3,(H,20,23). The van der Waals surface area contributed by atoms with E-state index in [1.165, 1.54) is 10.9 Å². The first-order valence-corrected chi connectivity index (χ1v) is 8.77. The first kappa shape index (κ1) is 18.1. The fourth-order valence-corrected chi connectivity index (χ4v) is 2.66. The summed E-state index contributed by atoms with van der Waals surface area (Å²) in [4.78, 5) is 28.9. The second kappa shape index (κ2) is 8.14. The molecule has 138 valence electrons. The van der Waals surface area contributed by atoms with Crippen molar-refractivity contribution < 1.29 is 13.9 Å². The molecule has 0 bridgehead atoms. The minimum absolute atomic E-state index is 0.0916. The monoisotopic (exact) mass is 357 g/mol. The zero-order valence-corrected chi connectivity index (χ0v) is 15.0. The van der Waals surface area contributed by atoms with E-state index in [-0.39, 0.29) is 23.6 Å². The van der Waals surface area contributed by atoms with Crippen molar-refractivity contribution in [1.82, 2.24) is 14.9 Å². The number of carbonyl (C=O) groups is 1. The Morgan fingerprint density at radius 1 is 1.35 bits per heavy atom. The smallest absolute Gasteiger partial charge is 0.297 e. The van der Waals surface area contributed by atoms with Crippen LogP contribution in [0.25, 0.3) is 22.1 Å². The number of fused-ring (bicyclic) bond motifs is 3. The van der Waals surface area contributed by atoms with E-state index in [1.54, 1.807) is 6.07 Å². The van der Waals surface area contributed by atoms with Gasteiger partial charge in [-0.25, -0.2) is 4.98 Å². The fourth-order valence-electron chi connectivity index (χ4n) is 2.66. The Balaban J connectivity index is 1.60. The van der Waals surface area contributed by atoms with Crippen molar-refractivity contribution >= 4 is 28.0 Å². The summed E-state index contributed by atoms with van der Waals surface area (Å²) in [5, 5.41) is 3.57. The first-order chi connectivity index (χ1) is 12.6. The van der Waals surface area contributed by atoms with Gasteiger partial charge in [0.1, 0.15) is 17.6 Å². The molecule has 3 rings (SSSR count). The molecule has 0 spiro atoms. The largest absolute Gasteiger partial charge is 0.448 e. The minimum Gasteiger partial charge on any atom is -0.448 e. The molecule has 1 amide bonds. The number of amides is 1. The Bertz CT molecular complexity index is 958. The van der Waals surface area contributed by atoms with Crippen molar-refractivity contribution in [1.29, 1.82) is 0 Å². The van der Waals surface area contributed by atoms with Crippen LogP contribution in [0.4, 0.5) is 0 Å². The highest BCUT2D eigenvalue weighted by Crippen LogP contribution is 2.23. The SMILES string of the molecule is CC(C)COCCCNC(=O)Cn1cnc2c(oc3ccccc32)c1=O. The van der Waals surface area contributed by atoms with Crippen LogP contribution in [0.2, 0.25) is 0 Å². The molecule has 2 heterocycles. The summed E-state index contributed by atoms with van der Waals surface area (Å²) in [6.45, 7) is 5.91. The molecule has 0 saturated heterocycles. The van der Waals surface area contributed by atoms with Crippen molar-refractivity contribution in [2.45, 2.75) is 26.8 Å². The minimum atomic E-state index is -0.360. The van der Waals surface area contributed by atoms with E-state index in [4.69, 9.17) is 9.15 Å². The number of aromatic nitrogens is 2. The average molecular weight is 357 g/mol. The zero-order chi connectivity index (χ0) is 18.5. The van der Waals surface area contributed by atoms with Crippen LogP contribution in [0.3, 0.4) is 0 Å². The molecule has 3 aromatic rings. The summed E-state index contributed by atoms with van der Waals surface area (Å²) in [6, 6.07) is 7.34. The Kier molecular flexibility index (Phi) is 5.68.